The third-order valence-electron chi connectivity index (χ3n) is 2.33. The Morgan fingerprint density at radius 3 is 2.41 bits per heavy atom. The van der Waals surface area contributed by atoms with Crippen LogP contribution >= 0.6 is 0 Å². The quantitative estimate of drug-likeness (QED) is 0.452. The molecule has 0 saturated carbocycles. The van der Waals surface area contributed by atoms with Crippen LogP contribution in [0.25, 0.3) is 0 Å². The molecule has 1 heterocycles. The summed E-state index contributed by atoms with van der Waals surface area (Å²) in [6, 6.07) is 3.20. The zero-order valence-corrected chi connectivity index (χ0v) is 8.29. The van der Waals surface area contributed by atoms with E-state index in [4.69, 9.17) is 0 Å². The number of nitrogens with zero attached hydrogens (tertiary/aromatic N) is 1. The van der Waals surface area contributed by atoms with Crippen molar-refractivity contribution in [1.29, 1.82) is 0 Å². The maximum absolute atomic E-state index is 13.4. The number of anilines is 1. The molecular formula is C9H5BF4NO2-. The van der Waals surface area contributed by atoms with Crippen LogP contribution in [0.2, 0.25) is 0 Å². The molecule has 17 heavy (non-hydrogen) atoms. The molecular weight excluding hydrogens is 241 g/mol. The van der Waals surface area contributed by atoms with Crippen molar-refractivity contribution in [2.24, 2.45) is 0 Å². The Labute approximate surface area is 93.1 Å². The average molecular weight is 246 g/mol. The highest BCUT2D eigenvalue weighted by molar-refractivity contribution is 6.62. The Hall–Kier alpha value is -1.86. The largest absolute Gasteiger partial charge is 0.497 e. The Balaban J connectivity index is 2.51. The van der Waals surface area contributed by atoms with Gasteiger partial charge in [0.15, 0.2) is 0 Å². The highest BCUT2D eigenvalue weighted by Crippen LogP contribution is 2.32. The van der Waals surface area contributed by atoms with Gasteiger partial charge in [-0.05, 0) is 18.6 Å². The van der Waals surface area contributed by atoms with E-state index >= 15 is 0 Å². The third-order valence-corrected chi connectivity index (χ3v) is 2.33. The standard InChI is InChI=1S/C9H5BF4NO2/c11-6-3-1-2-5-7(6)15(4-10(12,13)14)9(17)8(5)16/h1-3H,4H2/q-1. The van der Waals surface area contributed by atoms with Gasteiger partial charge in [-0.3, -0.25) is 9.59 Å². The Morgan fingerprint density at radius 1 is 1.18 bits per heavy atom. The van der Waals surface area contributed by atoms with Gasteiger partial charge in [0.25, 0.3) is 11.7 Å². The maximum Gasteiger partial charge on any atom is 0.497 e. The van der Waals surface area contributed by atoms with Gasteiger partial charge in [-0.25, -0.2) is 4.39 Å². The number of benzene rings is 1. The summed E-state index contributed by atoms with van der Waals surface area (Å²) in [6.07, 6.45) is -1.61. The molecule has 3 nitrogen and oxygen atoms in total. The number of hydrogen-bond donors (Lipinski definition) is 0. The molecule has 0 unspecified atom stereocenters. The molecule has 8 heteroatoms. The lowest BCUT2D eigenvalue weighted by Gasteiger charge is -2.23. The van der Waals surface area contributed by atoms with E-state index in [-0.39, 0.29) is 10.5 Å². The van der Waals surface area contributed by atoms with Crippen molar-refractivity contribution in [3.8, 4) is 0 Å². The van der Waals surface area contributed by atoms with Gasteiger partial charge in [0.05, 0.1) is 11.3 Å². The molecule has 0 spiro atoms. The molecule has 2 rings (SSSR count). The van der Waals surface area contributed by atoms with Crippen LogP contribution < -0.4 is 4.90 Å². The summed E-state index contributed by atoms with van der Waals surface area (Å²) in [7, 11) is 0. The minimum absolute atomic E-state index is 0.146. The number of para-hydroxylation sites is 1. The van der Waals surface area contributed by atoms with Gasteiger partial charge in [-0.1, -0.05) is 6.07 Å². The third kappa shape index (κ3) is 1.90. The van der Waals surface area contributed by atoms with Crippen LogP contribution in [-0.4, -0.2) is 25.1 Å². The highest BCUT2D eigenvalue weighted by Gasteiger charge is 2.41. The molecule has 1 aliphatic heterocycles. The topological polar surface area (TPSA) is 37.4 Å². The number of carbonyl (C=O) groups is 2. The first kappa shape index (κ1) is 11.6. The molecule has 0 aliphatic carbocycles. The van der Waals surface area contributed by atoms with E-state index < -0.39 is 36.6 Å². The molecule has 0 atom stereocenters. The van der Waals surface area contributed by atoms with Crippen LogP contribution in [0.4, 0.5) is 23.0 Å². The number of fused-ring (bicyclic) bond motifs is 1. The van der Waals surface area contributed by atoms with Crippen molar-refractivity contribution in [1.82, 2.24) is 0 Å². The van der Waals surface area contributed by atoms with Crippen molar-refractivity contribution < 1.29 is 26.9 Å². The molecule has 1 aromatic rings. The van der Waals surface area contributed by atoms with Crippen LogP contribution in [0.15, 0.2) is 18.2 Å². The first-order chi connectivity index (χ1) is 7.81. The first-order valence-corrected chi connectivity index (χ1v) is 4.67. The molecule has 1 amide bonds. The van der Waals surface area contributed by atoms with Gasteiger partial charge in [-0.15, -0.1) is 0 Å². The maximum atomic E-state index is 13.4. The van der Waals surface area contributed by atoms with Crippen molar-refractivity contribution in [2.45, 2.75) is 0 Å². The summed E-state index contributed by atoms with van der Waals surface area (Å²) in [6.45, 7) is -5.33. The fraction of sp³-hybridized carbons (Fsp3) is 0.111. The summed E-state index contributed by atoms with van der Waals surface area (Å²) >= 11 is 0. The molecule has 1 aliphatic rings. The predicted octanol–water partition coefficient (Wildman–Crippen LogP) is 1.74. The summed E-state index contributed by atoms with van der Waals surface area (Å²) in [4.78, 5) is 22.8. The average Bonchev–Trinajstić information content (AvgIpc) is 2.43. The van der Waals surface area contributed by atoms with Crippen molar-refractivity contribution in [3.63, 3.8) is 0 Å². The molecule has 0 N–H and O–H groups in total. The molecule has 0 saturated heterocycles. The zero-order chi connectivity index (χ0) is 12.8. The fourth-order valence-electron chi connectivity index (χ4n) is 1.69. The van der Waals surface area contributed by atoms with Gasteiger partial charge in [0.2, 0.25) is 0 Å². The van der Waals surface area contributed by atoms with Gasteiger partial charge in [0.1, 0.15) is 5.82 Å². The normalized spacial score (nSPS) is 15.4. The van der Waals surface area contributed by atoms with Crippen molar-refractivity contribution >= 4 is 24.4 Å². The van der Waals surface area contributed by atoms with E-state index in [0.717, 1.165) is 12.1 Å². The van der Waals surface area contributed by atoms with E-state index in [1.165, 1.54) is 6.07 Å². The van der Waals surface area contributed by atoms with Crippen LogP contribution in [0.1, 0.15) is 10.4 Å². The van der Waals surface area contributed by atoms with Crippen LogP contribution in [0.3, 0.4) is 0 Å². The minimum atomic E-state index is -5.33. The second kappa shape index (κ2) is 3.58. The van der Waals surface area contributed by atoms with Crippen molar-refractivity contribution in [2.75, 3.05) is 11.3 Å². The Kier molecular flexibility index (Phi) is 2.45. The number of Topliss-reactive ketones (excluding diaryl/α,β-unsaturated/α-hetero) is 1. The molecule has 90 valence electrons. The molecule has 1 aromatic carbocycles. The number of carbonyl (C=O) groups excluding carboxylic acids is 2. The highest BCUT2D eigenvalue weighted by atomic mass is 19.4. The number of amides is 1. The van der Waals surface area contributed by atoms with E-state index in [2.05, 4.69) is 0 Å². The molecule has 0 bridgehead atoms. The molecule has 0 fully saturated rings. The summed E-state index contributed by atoms with van der Waals surface area (Å²) < 4.78 is 50.2. The Bertz CT molecular complexity index is 514. The lowest BCUT2D eigenvalue weighted by Crippen LogP contribution is -2.41. The molecule has 0 aromatic heterocycles. The summed E-state index contributed by atoms with van der Waals surface area (Å²) in [5.41, 5.74) is -0.906. The van der Waals surface area contributed by atoms with Gasteiger partial charge in [-0.2, -0.15) is 0 Å². The number of hydrogen-bond acceptors (Lipinski definition) is 2. The summed E-state index contributed by atoms with van der Waals surface area (Å²) in [5.74, 6) is -3.47. The number of rotatable bonds is 2. The monoisotopic (exact) mass is 246 g/mol. The van der Waals surface area contributed by atoms with Gasteiger partial charge in [0, 0.05) is 0 Å². The summed E-state index contributed by atoms with van der Waals surface area (Å²) in [5, 5.41) is 0. The molecule has 0 radical (unpaired) electrons. The van der Waals surface area contributed by atoms with Gasteiger partial charge >= 0.3 is 6.98 Å². The first-order valence-electron chi connectivity index (χ1n) is 4.67. The van der Waals surface area contributed by atoms with E-state index in [0.29, 0.717) is 0 Å². The van der Waals surface area contributed by atoms with Crippen LogP contribution in [0, 0.1) is 5.82 Å². The zero-order valence-electron chi connectivity index (χ0n) is 8.29. The van der Waals surface area contributed by atoms with Crippen molar-refractivity contribution in [3.05, 3.63) is 29.6 Å². The second-order valence-corrected chi connectivity index (χ2v) is 3.59. The van der Waals surface area contributed by atoms with Gasteiger partial charge < -0.3 is 17.8 Å². The smallest absolute Gasteiger partial charge is 0.448 e. The lowest BCUT2D eigenvalue weighted by molar-refractivity contribution is -0.114. The van der Waals surface area contributed by atoms with Crippen LogP contribution in [-0.2, 0) is 4.79 Å². The van der Waals surface area contributed by atoms with E-state index in [1.807, 2.05) is 0 Å². The fourth-order valence-corrected chi connectivity index (χ4v) is 1.69. The van der Waals surface area contributed by atoms with Crippen LogP contribution in [0.5, 0.6) is 0 Å². The SMILES string of the molecule is O=C1C(=O)N(C[B-](F)(F)F)c2c(F)cccc21. The minimum Gasteiger partial charge on any atom is -0.448 e. The second-order valence-electron chi connectivity index (χ2n) is 3.59. The predicted molar refractivity (Wildman–Crippen MR) is 52.2 cm³/mol. The van der Waals surface area contributed by atoms with E-state index in [1.54, 1.807) is 0 Å². The number of halogens is 4. The number of ketones is 1. The van der Waals surface area contributed by atoms with E-state index in [9.17, 15) is 26.9 Å². The Morgan fingerprint density at radius 2 is 1.82 bits per heavy atom. The lowest BCUT2D eigenvalue weighted by atomic mass is 9.91.